The molecule has 0 unspecified atom stereocenters. The SMILES string of the molecule is COc1nc(C)cc(C)c1Br.Cc1cc(C)c(Br)c(Cl)n1.Cc1cc(C)c(N)c(Cl)n1. The maximum Gasteiger partial charge on any atom is 0.228 e. The molecule has 0 aliphatic carbocycles. The van der Waals surface area contributed by atoms with Crippen LogP contribution >= 0.6 is 55.1 Å². The van der Waals surface area contributed by atoms with E-state index in [4.69, 9.17) is 33.7 Å². The Kier molecular flexibility index (Phi) is 11.2. The monoisotopic (exact) mass is 590 g/mol. The normalized spacial score (nSPS) is 9.90. The molecule has 0 spiro atoms. The van der Waals surface area contributed by atoms with Crippen LogP contribution in [-0.2, 0) is 0 Å². The van der Waals surface area contributed by atoms with Crippen molar-refractivity contribution in [2.45, 2.75) is 41.5 Å². The molecule has 0 fully saturated rings. The number of nitrogens with two attached hydrogens (primary N) is 1. The summed E-state index contributed by atoms with van der Waals surface area (Å²) >= 11 is 18.2. The van der Waals surface area contributed by atoms with Crippen molar-refractivity contribution in [3.63, 3.8) is 0 Å². The van der Waals surface area contributed by atoms with Gasteiger partial charge in [0.05, 0.1) is 21.7 Å². The smallest absolute Gasteiger partial charge is 0.228 e. The van der Waals surface area contributed by atoms with Gasteiger partial charge in [-0.25, -0.2) is 15.0 Å². The molecular weight excluding hydrogens is 567 g/mol. The number of hydrogen-bond donors (Lipinski definition) is 1. The first-order chi connectivity index (χ1) is 14.4. The fraction of sp³-hybridized carbons (Fsp3) is 0.318. The van der Waals surface area contributed by atoms with E-state index in [-0.39, 0.29) is 0 Å². The van der Waals surface area contributed by atoms with Crippen molar-refractivity contribution in [2.75, 3.05) is 12.8 Å². The summed E-state index contributed by atoms with van der Waals surface area (Å²) in [6.07, 6.45) is 0. The second-order valence-electron chi connectivity index (χ2n) is 6.87. The summed E-state index contributed by atoms with van der Waals surface area (Å²) < 4.78 is 6.87. The molecule has 0 bridgehead atoms. The van der Waals surface area contributed by atoms with E-state index < -0.39 is 0 Å². The molecule has 3 aromatic heterocycles. The fourth-order valence-electron chi connectivity index (χ4n) is 2.50. The molecule has 0 aliphatic heterocycles. The number of halogens is 4. The van der Waals surface area contributed by atoms with E-state index >= 15 is 0 Å². The molecular formula is C22H26Br2Cl2N4O. The molecule has 2 N–H and O–H groups in total. The van der Waals surface area contributed by atoms with Gasteiger partial charge in [0.2, 0.25) is 5.88 Å². The minimum Gasteiger partial charge on any atom is -0.480 e. The average molecular weight is 593 g/mol. The van der Waals surface area contributed by atoms with Crippen molar-refractivity contribution in [1.29, 1.82) is 0 Å². The molecule has 31 heavy (non-hydrogen) atoms. The lowest BCUT2D eigenvalue weighted by Crippen LogP contribution is -1.94. The zero-order valence-electron chi connectivity index (χ0n) is 18.6. The molecule has 0 radical (unpaired) electrons. The largest absolute Gasteiger partial charge is 0.480 e. The topological polar surface area (TPSA) is 73.9 Å². The van der Waals surface area contributed by atoms with Gasteiger partial charge in [-0.1, -0.05) is 23.2 Å². The van der Waals surface area contributed by atoms with Crippen molar-refractivity contribution >= 4 is 60.7 Å². The van der Waals surface area contributed by atoms with Crippen LogP contribution in [0.2, 0.25) is 10.3 Å². The third-order valence-corrected chi connectivity index (χ3v) is 6.76. The zero-order chi connectivity index (χ0) is 23.9. The van der Waals surface area contributed by atoms with E-state index in [1.807, 2.05) is 59.7 Å². The highest BCUT2D eigenvalue weighted by atomic mass is 79.9. The number of nitrogens with zero attached hydrogens (tertiary/aromatic N) is 3. The molecule has 0 saturated carbocycles. The van der Waals surface area contributed by atoms with Gasteiger partial charge in [-0.15, -0.1) is 0 Å². The Labute approximate surface area is 211 Å². The standard InChI is InChI=1S/C8H10BrNO.C7H7BrClN.C7H9ClN2/c1-5-4-6(2)10-8(11-3)7(5)9;1-4-3-5(2)10-7(9)6(4)8;1-4-3-5(2)10-7(8)6(4)9/h4H,1-3H3;3H,1-2H3;3H,9H2,1-2H3. The number of nitrogen functional groups attached to an aromatic ring is 1. The first-order valence-corrected chi connectivity index (χ1v) is 11.6. The molecule has 0 aliphatic rings. The van der Waals surface area contributed by atoms with Crippen LogP contribution in [0.3, 0.4) is 0 Å². The molecule has 3 heterocycles. The summed E-state index contributed by atoms with van der Waals surface area (Å²) in [6, 6.07) is 5.89. The lowest BCUT2D eigenvalue weighted by molar-refractivity contribution is 0.393. The van der Waals surface area contributed by atoms with E-state index in [1.54, 1.807) is 7.11 Å². The van der Waals surface area contributed by atoms with Crippen molar-refractivity contribution in [3.05, 3.63) is 71.2 Å². The second-order valence-corrected chi connectivity index (χ2v) is 9.18. The first-order valence-electron chi connectivity index (χ1n) is 9.23. The van der Waals surface area contributed by atoms with Crippen molar-refractivity contribution in [2.24, 2.45) is 0 Å². The van der Waals surface area contributed by atoms with Gasteiger partial charge >= 0.3 is 0 Å². The Balaban J connectivity index is 0.000000233. The van der Waals surface area contributed by atoms with Crippen molar-refractivity contribution < 1.29 is 4.74 Å². The van der Waals surface area contributed by atoms with E-state index in [1.165, 1.54) is 0 Å². The number of hydrogen-bond acceptors (Lipinski definition) is 5. The first kappa shape index (κ1) is 27.6. The number of pyridine rings is 3. The van der Waals surface area contributed by atoms with Gasteiger partial charge in [0, 0.05) is 17.1 Å². The van der Waals surface area contributed by atoms with Crippen LogP contribution in [0.1, 0.15) is 33.8 Å². The fourth-order valence-corrected chi connectivity index (χ4v) is 3.63. The van der Waals surface area contributed by atoms with Gasteiger partial charge < -0.3 is 10.5 Å². The van der Waals surface area contributed by atoms with Crippen LogP contribution in [0.4, 0.5) is 5.69 Å². The summed E-state index contributed by atoms with van der Waals surface area (Å²) in [7, 11) is 1.62. The van der Waals surface area contributed by atoms with Gasteiger partial charge in [0.1, 0.15) is 5.15 Å². The van der Waals surface area contributed by atoms with E-state index in [0.717, 1.165) is 42.7 Å². The predicted octanol–water partition coefficient (Wildman–Crippen LogP) is 7.52. The summed E-state index contributed by atoms with van der Waals surface area (Å²) in [5.41, 5.74) is 12.2. The van der Waals surface area contributed by atoms with Crippen molar-refractivity contribution in [3.8, 4) is 5.88 Å². The zero-order valence-corrected chi connectivity index (χ0v) is 23.3. The van der Waals surface area contributed by atoms with Gasteiger partial charge in [-0.3, -0.25) is 0 Å². The molecule has 0 atom stereocenters. The van der Waals surface area contributed by atoms with Gasteiger partial charge in [0.25, 0.3) is 0 Å². The number of aromatic nitrogens is 3. The number of aryl methyl sites for hydroxylation is 6. The minimum atomic E-state index is 0.400. The number of anilines is 1. The Morgan fingerprint density at radius 2 is 1.13 bits per heavy atom. The van der Waals surface area contributed by atoms with Crippen LogP contribution in [0.5, 0.6) is 5.88 Å². The quantitative estimate of drug-likeness (QED) is 0.296. The Morgan fingerprint density at radius 1 is 0.710 bits per heavy atom. The summed E-state index contributed by atoms with van der Waals surface area (Å²) in [5, 5.41) is 0.940. The van der Waals surface area contributed by atoms with Gasteiger partial charge in [0.15, 0.2) is 5.15 Å². The molecule has 9 heteroatoms. The van der Waals surface area contributed by atoms with E-state index in [2.05, 4.69) is 46.8 Å². The maximum absolute atomic E-state index is 5.76. The lowest BCUT2D eigenvalue weighted by atomic mass is 10.2. The van der Waals surface area contributed by atoms with Crippen molar-refractivity contribution in [1.82, 2.24) is 15.0 Å². The number of ether oxygens (including phenoxy) is 1. The Hall–Kier alpha value is -1.41. The highest BCUT2D eigenvalue weighted by molar-refractivity contribution is 9.11. The highest BCUT2D eigenvalue weighted by Gasteiger charge is 2.05. The molecule has 0 aromatic carbocycles. The Bertz CT molecular complexity index is 960. The van der Waals surface area contributed by atoms with Crippen LogP contribution in [-0.4, -0.2) is 22.1 Å². The molecule has 168 valence electrons. The second kappa shape index (κ2) is 12.6. The average Bonchev–Trinajstić information content (AvgIpc) is 2.67. The van der Waals surface area contributed by atoms with Crippen LogP contribution in [0.15, 0.2) is 27.1 Å². The molecule has 0 saturated heterocycles. The van der Waals surface area contributed by atoms with Crippen LogP contribution < -0.4 is 10.5 Å². The number of methoxy groups -OCH3 is 1. The van der Waals surface area contributed by atoms with Crippen LogP contribution in [0.25, 0.3) is 0 Å². The third-order valence-electron chi connectivity index (χ3n) is 4.00. The van der Waals surface area contributed by atoms with Crippen LogP contribution in [0, 0.1) is 41.5 Å². The maximum atomic E-state index is 5.76. The van der Waals surface area contributed by atoms with E-state index in [0.29, 0.717) is 21.9 Å². The summed E-state index contributed by atoms with van der Waals surface area (Å²) in [5.74, 6) is 0.655. The molecule has 5 nitrogen and oxygen atoms in total. The summed E-state index contributed by atoms with van der Waals surface area (Å²) in [4.78, 5) is 12.2. The van der Waals surface area contributed by atoms with E-state index in [9.17, 15) is 0 Å². The number of rotatable bonds is 1. The lowest BCUT2D eigenvalue weighted by Gasteiger charge is -2.05. The molecule has 3 rings (SSSR count). The van der Waals surface area contributed by atoms with Gasteiger partial charge in [-0.2, -0.15) is 0 Å². The highest BCUT2D eigenvalue weighted by Crippen LogP contribution is 2.26. The summed E-state index contributed by atoms with van der Waals surface area (Å²) in [6.45, 7) is 11.7. The molecule has 3 aromatic rings. The Morgan fingerprint density at radius 3 is 1.58 bits per heavy atom. The predicted molar refractivity (Wildman–Crippen MR) is 138 cm³/mol. The minimum absolute atomic E-state index is 0.400. The molecule has 0 amide bonds. The third kappa shape index (κ3) is 8.56. The van der Waals surface area contributed by atoms with Gasteiger partial charge in [-0.05, 0) is 108 Å².